The lowest BCUT2D eigenvalue weighted by molar-refractivity contribution is -0.134. The Morgan fingerprint density at radius 3 is 2.76 bits per heavy atom. The molecule has 2 heterocycles. The lowest BCUT2D eigenvalue weighted by atomic mass is 10.0. The Morgan fingerprint density at radius 2 is 2.05 bits per heavy atom. The molecule has 1 atom stereocenters. The molecule has 0 aliphatic carbocycles. The van der Waals surface area contributed by atoms with Gasteiger partial charge in [0.05, 0.1) is 12.1 Å². The summed E-state index contributed by atoms with van der Waals surface area (Å²) in [5, 5.41) is 16.6. The summed E-state index contributed by atoms with van der Waals surface area (Å²) in [7, 11) is 0. The molecular weight excluding hydrogens is 270 g/mol. The molecule has 112 valence electrons. The number of carbonyl (C=O) groups is 1. The molecule has 0 saturated carbocycles. The molecule has 0 radical (unpaired) electrons. The van der Waals surface area contributed by atoms with Gasteiger partial charge in [-0.2, -0.15) is 0 Å². The Kier molecular flexibility index (Phi) is 4.06. The highest BCUT2D eigenvalue weighted by Crippen LogP contribution is 2.21. The number of nitrogens with zero attached hydrogens (tertiary/aromatic N) is 2. The average Bonchev–Trinajstić information content (AvgIpc) is 2.97. The first-order valence-electron chi connectivity index (χ1n) is 7.23. The van der Waals surface area contributed by atoms with Gasteiger partial charge in [-0.1, -0.05) is 5.16 Å². The van der Waals surface area contributed by atoms with Crippen LogP contribution in [0.4, 0.5) is 0 Å². The minimum atomic E-state index is -0.184. The van der Waals surface area contributed by atoms with E-state index in [1.165, 1.54) is 0 Å². The fourth-order valence-electron chi connectivity index (χ4n) is 2.60. The number of hydrogen-bond acceptors (Lipinski definition) is 5. The van der Waals surface area contributed by atoms with Crippen LogP contribution in [0.3, 0.4) is 0 Å². The van der Waals surface area contributed by atoms with Crippen molar-refractivity contribution >= 4 is 11.6 Å². The van der Waals surface area contributed by atoms with Crippen molar-refractivity contribution in [2.24, 2.45) is 5.16 Å². The van der Waals surface area contributed by atoms with E-state index in [2.05, 4.69) is 10.5 Å². The highest BCUT2D eigenvalue weighted by atomic mass is 16.6. The predicted molar refractivity (Wildman–Crippen MR) is 78.2 cm³/mol. The number of oxime groups is 1. The Bertz CT molecular complexity index is 536. The number of aromatic hydroxyl groups is 1. The van der Waals surface area contributed by atoms with E-state index >= 15 is 0 Å². The number of hydrogen-bond donors (Lipinski definition) is 2. The first kappa shape index (κ1) is 13.9. The Morgan fingerprint density at radius 1 is 1.33 bits per heavy atom. The highest BCUT2D eigenvalue weighted by Gasteiger charge is 2.27. The van der Waals surface area contributed by atoms with Gasteiger partial charge in [0.2, 0.25) is 5.91 Å². The van der Waals surface area contributed by atoms with Crippen molar-refractivity contribution in [2.45, 2.75) is 18.9 Å². The summed E-state index contributed by atoms with van der Waals surface area (Å²) in [4.78, 5) is 19.4. The van der Waals surface area contributed by atoms with Crippen molar-refractivity contribution in [3.63, 3.8) is 0 Å². The standard InChI is InChI=1S/C15H19N3O3/c19-12-3-1-11(2-4-12)14-9-13(21-17-14)10-15(20)18-7-5-16-6-8-18/h1-4,13,16,19H,5-10H2. The molecule has 0 spiro atoms. The van der Waals surface area contributed by atoms with E-state index in [0.29, 0.717) is 12.8 Å². The number of phenols is 1. The van der Waals surface area contributed by atoms with Crippen molar-refractivity contribution in [2.75, 3.05) is 26.2 Å². The van der Waals surface area contributed by atoms with E-state index in [9.17, 15) is 9.90 Å². The number of benzene rings is 1. The zero-order valence-corrected chi connectivity index (χ0v) is 11.8. The number of piperazine rings is 1. The zero-order chi connectivity index (χ0) is 14.7. The molecule has 1 fully saturated rings. The molecule has 3 rings (SSSR count). The third-order valence-corrected chi connectivity index (χ3v) is 3.81. The summed E-state index contributed by atoms with van der Waals surface area (Å²) in [6, 6.07) is 6.85. The Balaban J connectivity index is 1.53. The SMILES string of the molecule is O=C(CC1CC(c2ccc(O)cc2)=NO1)N1CCNCC1. The molecule has 1 unspecified atom stereocenters. The number of amides is 1. The number of carbonyl (C=O) groups excluding carboxylic acids is 1. The van der Waals surface area contributed by atoms with E-state index in [4.69, 9.17) is 4.84 Å². The highest BCUT2D eigenvalue weighted by molar-refractivity contribution is 6.01. The monoisotopic (exact) mass is 289 g/mol. The van der Waals surface area contributed by atoms with Crippen LogP contribution >= 0.6 is 0 Å². The van der Waals surface area contributed by atoms with Gasteiger partial charge < -0.3 is 20.2 Å². The van der Waals surface area contributed by atoms with Crippen LogP contribution < -0.4 is 5.32 Å². The topological polar surface area (TPSA) is 74.2 Å². The summed E-state index contributed by atoms with van der Waals surface area (Å²) in [6.45, 7) is 3.23. The summed E-state index contributed by atoms with van der Waals surface area (Å²) in [5.41, 5.74) is 1.75. The van der Waals surface area contributed by atoms with Gasteiger partial charge in [0.1, 0.15) is 11.9 Å². The van der Waals surface area contributed by atoms with Gasteiger partial charge >= 0.3 is 0 Å². The number of nitrogens with one attached hydrogen (secondary N) is 1. The van der Waals surface area contributed by atoms with Gasteiger partial charge in [-0.25, -0.2) is 0 Å². The molecule has 2 N–H and O–H groups in total. The van der Waals surface area contributed by atoms with Crippen LogP contribution in [-0.4, -0.2) is 53.9 Å². The lowest BCUT2D eigenvalue weighted by Gasteiger charge is -2.28. The van der Waals surface area contributed by atoms with Crippen LogP contribution in [0.5, 0.6) is 5.75 Å². The van der Waals surface area contributed by atoms with Crippen molar-refractivity contribution in [1.82, 2.24) is 10.2 Å². The van der Waals surface area contributed by atoms with E-state index in [1.54, 1.807) is 24.3 Å². The first-order chi connectivity index (χ1) is 10.2. The normalized spacial score (nSPS) is 21.8. The molecular formula is C15H19N3O3. The molecule has 6 nitrogen and oxygen atoms in total. The molecule has 1 saturated heterocycles. The number of phenolic OH excluding ortho intramolecular Hbond substituents is 1. The first-order valence-corrected chi connectivity index (χ1v) is 7.23. The predicted octanol–water partition coefficient (Wildman–Crippen LogP) is 0.707. The zero-order valence-electron chi connectivity index (χ0n) is 11.8. The van der Waals surface area contributed by atoms with Crippen molar-refractivity contribution in [3.05, 3.63) is 29.8 Å². The Hall–Kier alpha value is -2.08. The fraction of sp³-hybridized carbons (Fsp3) is 0.467. The minimum Gasteiger partial charge on any atom is -0.508 e. The van der Waals surface area contributed by atoms with Crippen LogP contribution in [0.1, 0.15) is 18.4 Å². The van der Waals surface area contributed by atoms with Gasteiger partial charge in [0.15, 0.2) is 0 Å². The fourth-order valence-corrected chi connectivity index (χ4v) is 2.60. The summed E-state index contributed by atoms with van der Waals surface area (Å²) < 4.78 is 0. The molecule has 1 amide bonds. The smallest absolute Gasteiger partial charge is 0.226 e. The second kappa shape index (κ2) is 6.13. The van der Waals surface area contributed by atoms with Crippen LogP contribution in [0.25, 0.3) is 0 Å². The molecule has 2 aliphatic rings. The van der Waals surface area contributed by atoms with Crippen LogP contribution in [0, 0.1) is 0 Å². The summed E-state index contributed by atoms with van der Waals surface area (Å²) in [5.74, 6) is 0.354. The second-order valence-electron chi connectivity index (χ2n) is 5.35. The summed E-state index contributed by atoms with van der Waals surface area (Å²) in [6.07, 6.45) is 0.810. The van der Waals surface area contributed by atoms with Crippen LogP contribution in [0.2, 0.25) is 0 Å². The molecule has 1 aromatic rings. The second-order valence-corrected chi connectivity index (χ2v) is 5.35. The third kappa shape index (κ3) is 3.33. The third-order valence-electron chi connectivity index (χ3n) is 3.81. The van der Waals surface area contributed by atoms with Gasteiger partial charge in [-0.3, -0.25) is 4.79 Å². The molecule has 0 bridgehead atoms. The van der Waals surface area contributed by atoms with Gasteiger partial charge in [0.25, 0.3) is 0 Å². The van der Waals surface area contributed by atoms with Crippen LogP contribution in [-0.2, 0) is 9.63 Å². The maximum Gasteiger partial charge on any atom is 0.226 e. The maximum absolute atomic E-state index is 12.2. The van der Waals surface area contributed by atoms with Gasteiger partial charge in [-0.15, -0.1) is 0 Å². The number of rotatable bonds is 3. The lowest BCUT2D eigenvalue weighted by Crippen LogP contribution is -2.47. The van der Waals surface area contributed by atoms with E-state index < -0.39 is 0 Å². The largest absolute Gasteiger partial charge is 0.508 e. The molecule has 21 heavy (non-hydrogen) atoms. The van der Waals surface area contributed by atoms with Crippen molar-refractivity contribution in [1.29, 1.82) is 0 Å². The van der Waals surface area contributed by atoms with Crippen LogP contribution in [0.15, 0.2) is 29.4 Å². The quantitative estimate of drug-likeness (QED) is 0.859. The maximum atomic E-state index is 12.2. The van der Waals surface area contributed by atoms with E-state index in [1.807, 2.05) is 4.90 Å². The average molecular weight is 289 g/mol. The molecule has 6 heteroatoms. The van der Waals surface area contributed by atoms with Crippen molar-refractivity contribution in [3.8, 4) is 5.75 Å². The molecule has 2 aliphatic heterocycles. The van der Waals surface area contributed by atoms with Gasteiger partial charge in [0, 0.05) is 32.6 Å². The van der Waals surface area contributed by atoms with Gasteiger partial charge in [-0.05, 0) is 29.8 Å². The van der Waals surface area contributed by atoms with E-state index in [0.717, 1.165) is 37.5 Å². The summed E-state index contributed by atoms with van der Waals surface area (Å²) >= 11 is 0. The van der Waals surface area contributed by atoms with E-state index in [-0.39, 0.29) is 17.8 Å². The molecule has 1 aromatic carbocycles. The molecule has 0 aromatic heterocycles. The van der Waals surface area contributed by atoms with Crippen molar-refractivity contribution < 1.29 is 14.7 Å². The minimum absolute atomic E-state index is 0.128. The Labute approximate surface area is 123 Å².